The summed E-state index contributed by atoms with van der Waals surface area (Å²) in [4.78, 5) is 11.9. The maximum absolute atomic E-state index is 13.8. The molecular weight excluding hydrogens is 367 g/mol. The molecule has 1 atom stereocenters. The van der Waals surface area contributed by atoms with Crippen LogP contribution in [0, 0.1) is 5.82 Å². The first-order valence-corrected chi connectivity index (χ1v) is 10.4. The fourth-order valence-electron chi connectivity index (χ4n) is 2.10. The number of amides is 1. The average Bonchev–Trinajstić information content (AvgIpc) is 3.10. The largest absolute Gasteiger partial charge is 0.467 e. The van der Waals surface area contributed by atoms with E-state index < -0.39 is 32.7 Å². The van der Waals surface area contributed by atoms with Gasteiger partial charge in [0.05, 0.1) is 12.8 Å². The molecule has 0 radical (unpaired) electrons. The van der Waals surface area contributed by atoms with Crippen LogP contribution in [0.25, 0.3) is 0 Å². The summed E-state index contributed by atoms with van der Waals surface area (Å²) in [7, 11) is -4.16. The van der Waals surface area contributed by atoms with Crippen LogP contribution in [0.3, 0.4) is 0 Å². The third-order valence-corrected chi connectivity index (χ3v) is 5.52. The molecule has 2 N–H and O–H groups in total. The van der Waals surface area contributed by atoms with Crippen LogP contribution >= 0.6 is 11.8 Å². The highest BCUT2D eigenvalue weighted by atomic mass is 32.2. The zero-order chi connectivity index (χ0) is 18.3. The molecule has 136 valence electrons. The fraction of sp³-hybridized carbons (Fsp3) is 0.312. The highest BCUT2D eigenvalue weighted by Gasteiger charge is 2.27. The van der Waals surface area contributed by atoms with E-state index in [0.29, 0.717) is 11.5 Å². The maximum Gasteiger partial charge on any atom is 0.244 e. The van der Waals surface area contributed by atoms with Gasteiger partial charge in [-0.2, -0.15) is 16.5 Å². The third kappa shape index (κ3) is 5.58. The van der Waals surface area contributed by atoms with Gasteiger partial charge in [-0.3, -0.25) is 4.79 Å². The first-order valence-electron chi connectivity index (χ1n) is 7.50. The Morgan fingerprint density at radius 2 is 2.04 bits per heavy atom. The molecule has 2 aromatic rings. The summed E-state index contributed by atoms with van der Waals surface area (Å²) in [5.74, 6) is -0.243. The van der Waals surface area contributed by atoms with Gasteiger partial charge in [0, 0.05) is 0 Å². The molecule has 6 nitrogen and oxygen atoms in total. The van der Waals surface area contributed by atoms with Gasteiger partial charge in [-0.05, 0) is 42.7 Å². The van der Waals surface area contributed by atoms with E-state index in [2.05, 4.69) is 10.0 Å². The highest BCUT2D eigenvalue weighted by Crippen LogP contribution is 2.15. The Kier molecular flexibility index (Phi) is 7.03. The summed E-state index contributed by atoms with van der Waals surface area (Å²) in [5, 5.41) is 2.62. The summed E-state index contributed by atoms with van der Waals surface area (Å²) >= 11 is 1.48. The number of carbonyl (C=O) groups is 1. The van der Waals surface area contributed by atoms with Crippen LogP contribution in [0.4, 0.5) is 4.39 Å². The second-order valence-corrected chi connectivity index (χ2v) is 7.85. The number of halogens is 1. The van der Waals surface area contributed by atoms with Gasteiger partial charge in [0.15, 0.2) is 0 Å². The molecule has 1 heterocycles. The number of sulfonamides is 1. The zero-order valence-electron chi connectivity index (χ0n) is 13.6. The number of hydrogen-bond donors (Lipinski definition) is 2. The number of benzene rings is 1. The lowest BCUT2D eigenvalue weighted by atomic mass is 10.2. The molecule has 0 bridgehead atoms. The van der Waals surface area contributed by atoms with E-state index in [-0.39, 0.29) is 13.0 Å². The summed E-state index contributed by atoms with van der Waals surface area (Å²) in [6, 6.07) is 7.41. The van der Waals surface area contributed by atoms with Crippen molar-refractivity contribution in [2.24, 2.45) is 0 Å². The van der Waals surface area contributed by atoms with Crippen molar-refractivity contribution in [3.63, 3.8) is 0 Å². The molecule has 25 heavy (non-hydrogen) atoms. The highest BCUT2D eigenvalue weighted by molar-refractivity contribution is 7.98. The Balaban J connectivity index is 2.10. The molecule has 1 unspecified atom stereocenters. The van der Waals surface area contributed by atoms with Crippen LogP contribution in [-0.4, -0.2) is 32.4 Å². The minimum absolute atomic E-state index is 0.142. The molecule has 0 aliphatic carbocycles. The van der Waals surface area contributed by atoms with E-state index in [1.165, 1.54) is 30.2 Å². The molecule has 1 aromatic heterocycles. The molecule has 0 spiro atoms. The average molecular weight is 386 g/mol. The molecule has 9 heteroatoms. The molecule has 2 rings (SSSR count). The lowest BCUT2D eigenvalue weighted by Gasteiger charge is -2.18. The van der Waals surface area contributed by atoms with Crippen molar-refractivity contribution in [1.82, 2.24) is 10.0 Å². The first kappa shape index (κ1) is 19.5. The van der Waals surface area contributed by atoms with Gasteiger partial charge >= 0.3 is 0 Å². The number of nitrogens with one attached hydrogen (secondary N) is 2. The Bertz CT molecular complexity index is 794. The second kappa shape index (κ2) is 9.02. The van der Waals surface area contributed by atoms with E-state index in [1.807, 2.05) is 6.26 Å². The van der Waals surface area contributed by atoms with Crippen molar-refractivity contribution >= 4 is 27.7 Å². The number of rotatable bonds is 9. The molecule has 0 saturated heterocycles. The lowest BCUT2D eigenvalue weighted by Crippen LogP contribution is -2.46. The Morgan fingerprint density at radius 1 is 1.28 bits per heavy atom. The smallest absolute Gasteiger partial charge is 0.244 e. The predicted molar refractivity (Wildman–Crippen MR) is 94.1 cm³/mol. The Morgan fingerprint density at radius 3 is 2.68 bits per heavy atom. The Hall–Kier alpha value is -1.84. The SMILES string of the molecule is CSCCC(NS(=O)(=O)c1ccccc1F)C(=O)NCc1ccco1. The standard InChI is InChI=1S/C16H19FN2O4S2/c1-24-10-8-14(16(20)18-11-12-5-4-9-23-12)19-25(21,22)15-7-3-2-6-13(15)17/h2-7,9,14,19H,8,10-11H2,1H3,(H,18,20). The molecular formula is C16H19FN2O4S2. The third-order valence-electron chi connectivity index (χ3n) is 3.37. The van der Waals surface area contributed by atoms with Gasteiger partial charge < -0.3 is 9.73 Å². The minimum Gasteiger partial charge on any atom is -0.467 e. The van der Waals surface area contributed by atoms with Crippen LogP contribution in [0.15, 0.2) is 52.0 Å². The number of hydrogen-bond acceptors (Lipinski definition) is 5. The van der Waals surface area contributed by atoms with Crippen molar-refractivity contribution in [1.29, 1.82) is 0 Å². The van der Waals surface area contributed by atoms with E-state index in [4.69, 9.17) is 4.42 Å². The zero-order valence-corrected chi connectivity index (χ0v) is 15.2. The predicted octanol–water partition coefficient (Wildman–Crippen LogP) is 2.14. The summed E-state index contributed by atoms with van der Waals surface area (Å²) < 4.78 is 46.0. The molecule has 0 saturated carbocycles. The number of thioether (sulfide) groups is 1. The van der Waals surface area contributed by atoms with Gasteiger partial charge in [0.25, 0.3) is 0 Å². The fourth-order valence-corrected chi connectivity index (χ4v) is 3.88. The maximum atomic E-state index is 13.8. The van der Waals surface area contributed by atoms with Crippen LogP contribution in [0.2, 0.25) is 0 Å². The van der Waals surface area contributed by atoms with Crippen molar-refractivity contribution in [3.8, 4) is 0 Å². The van der Waals surface area contributed by atoms with Crippen LogP contribution in [-0.2, 0) is 21.4 Å². The minimum atomic E-state index is -4.16. The van der Waals surface area contributed by atoms with E-state index in [0.717, 1.165) is 12.1 Å². The molecule has 0 aliphatic rings. The molecule has 1 amide bonds. The molecule has 0 aliphatic heterocycles. The van der Waals surface area contributed by atoms with E-state index in [1.54, 1.807) is 12.1 Å². The Labute approximate surface area is 150 Å². The quantitative estimate of drug-likeness (QED) is 0.689. The number of carbonyl (C=O) groups excluding carboxylic acids is 1. The first-order chi connectivity index (χ1) is 11.9. The van der Waals surface area contributed by atoms with Gasteiger partial charge in [-0.1, -0.05) is 12.1 Å². The monoisotopic (exact) mass is 386 g/mol. The van der Waals surface area contributed by atoms with Crippen molar-refractivity contribution in [2.75, 3.05) is 12.0 Å². The second-order valence-electron chi connectivity index (χ2n) is 5.18. The number of furan rings is 1. The van der Waals surface area contributed by atoms with Gasteiger partial charge in [0.1, 0.15) is 22.5 Å². The summed E-state index contributed by atoms with van der Waals surface area (Å²) in [6.07, 6.45) is 3.61. The molecule has 1 aromatic carbocycles. The van der Waals surface area contributed by atoms with Gasteiger partial charge in [-0.25, -0.2) is 12.8 Å². The van der Waals surface area contributed by atoms with E-state index in [9.17, 15) is 17.6 Å². The van der Waals surface area contributed by atoms with Crippen molar-refractivity contribution in [3.05, 3.63) is 54.2 Å². The normalized spacial score (nSPS) is 12.7. The lowest BCUT2D eigenvalue weighted by molar-refractivity contribution is -0.123. The van der Waals surface area contributed by atoms with Gasteiger partial charge in [-0.15, -0.1) is 0 Å². The summed E-state index contributed by atoms with van der Waals surface area (Å²) in [6.45, 7) is 0.142. The van der Waals surface area contributed by atoms with Crippen LogP contribution in [0.1, 0.15) is 12.2 Å². The van der Waals surface area contributed by atoms with Crippen molar-refractivity contribution in [2.45, 2.75) is 23.9 Å². The van der Waals surface area contributed by atoms with Crippen molar-refractivity contribution < 1.29 is 22.0 Å². The molecule has 0 fully saturated rings. The van der Waals surface area contributed by atoms with Gasteiger partial charge in [0.2, 0.25) is 15.9 Å². The summed E-state index contributed by atoms with van der Waals surface area (Å²) in [5.41, 5.74) is 0. The van der Waals surface area contributed by atoms with E-state index >= 15 is 0 Å². The van der Waals surface area contributed by atoms with Crippen LogP contribution in [0.5, 0.6) is 0 Å². The van der Waals surface area contributed by atoms with Crippen LogP contribution < -0.4 is 10.0 Å². The topological polar surface area (TPSA) is 88.4 Å².